The van der Waals surface area contributed by atoms with Crippen LogP contribution in [-0.2, 0) is 11.5 Å². The number of aromatic nitrogens is 1. The van der Waals surface area contributed by atoms with E-state index in [1.54, 1.807) is 10.8 Å². The van der Waals surface area contributed by atoms with Crippen molar-refractivity contribution in [2.45, 2.75) is 18.4 Å². The summed E-state index contributed by atoms with van der Waals surface area (Å²) in [7, 11) is 3.61. The third-order valence-electron chi connectivity index (χ3n) is 1.93. The molecule has 12 heavy (non-hydrogen) atoms. The van der Waals surface area contributed by atoms with E-state index in [9.17, 15) is 5.11 Å². The van der Waals surface area contributed by atoms with E-state index in [-0.39, 0.29) is 0 Å². The number of fused-ring (bicyclic) bond motifs is 1. The van der Waals surface area contributed by atoms with E-state index < -0.39 is 0 Å². The molecule has 2 nitrogen and oxygen atoms in total. The average Bonchev–Trinajstić information content (AvgIpc) is 2.12. The zero-order valence-electron chi connectivity index (χ0n) is 6.70. The van der Waals surface area contributed by atoms with Gasteiger partial charge in [-0.25, -0.2) is 0 Å². The molecule has 0 atom stereocenters. The largest absolute Gasteiger partial charge is 0.506 e. The molecule has 0 bridgehead atoms. The van der Waals surface area contributed by atoms with Crippen molar-refractivity contribution in [3.8, 4) is 5.75 Å². The molecule has 0 aliphatic carbocycles. The van der Waals surface area contributed by atoms with Crippen LogP contribution in [0.2, 0.25) is 0 Å². The van der Waals surface area contributed by atoms with Gasteiger partial charge in [0.15, 0.2) is 0 Å². The molecule has 0 radical (unpaired) electrons. The van der Waals surface area contributed by atoms with Crippen molar-refractivity contribution in [2.75, 3.05) is 0 Å². The first-order chi connectivity index (χ1) is 5.79. The molecule has 4 heteroatoms. The molecule has 2 heterocycles. The van der Waals surface area contributed by atoms with E-state index >= 15 is 0 Å². The molecule has 2 rings (SSSR count). The van der Waals surface area contributed by atoms with Gasteiger partial charge in [0, 0.05) is 23.3 Å². The highest BCUT2D eigenvalue weighted by molar-refractivity contribution is 8.76. The Labute approximate surface area is 79.2 Å². The van der Waals surface area contributed by atoms with Crippen LogP contribution >= 0.6 is 21.6 Å². The lowest BCUT2D eigenvalue weighted by Crippen LogP contribution is -1.98. The van der Waals surface area contributed by atoms with Gasteiger partial charge in [-0.2, -0.15) is 0 Å². The Hall–Kier alpha value is -0.350. The van der Waals surface area contributed by atoms with E-state index in [0.717, 1.165) is 22.8 Å². The number of aromatic hydroxyl groups is 1. The van der Waals surface area contributed by atoms with Gasteiger partial charge in [-0.15, -0.1) is 0 Å². The number of pyridine rings is 1. The summed E-state index contributed by atoms with van der Waals surface area (Å²) >= 11 is 0. The molecule has 0 fully saturated rings. The van der Waals surface area contributed by atoms with Gasteiger partial charge in [0.05, 0.1) is 5.69 Å². The summed E-state index contributed by atoms with van der Waals surface area (Å²) in [6, 6.07) is 0. The van der Waals surface area contributed by atoms with Crippen molar-refractivity contribution in [3.63, 3.8) is 0 Å². The molecule has 64 valence electrons. The minimum Gasteiger partial charge on any atom is -0.506 e. The Morgan fingerprint density at radius 3 is 3.00 bits per heavy atom. The molecule has 1 aliphatic rings. The highest BCUT2D eigenvalue weighted by atomic mass is 33.1. The summed E-state index contributed by atoms with van der Waals surface area (Å²) in [5.74, 6) is 2.25. The second kappa shape index (κ2) is 3.18. The predicted octanol–water partition coefficient (Wildman–Crippen LogP) is 2.49. The van der Waals surface area contributed by atoms with E-state index in [2.05, 4.69) is 4.98 Å². The van der Waals surface area contributed by atoms with Crippen LogP contribution in [0.3, 0.4) is 0 Å². The number of nitrogens with zero attached hydrogens (tertiary/aromatic N) is 1. The smallest absolute Gasteiger partial charge is 0.141 e. The number of aryl methyl sites for hydroxylation is 1. The van der Waals surface area contributed by atoms with E-state index in [4.69, 9.17) is 0 Å². The highest BCUT2D eigenvalue weighted by Crippen LogP contribution is 2.40. The van der Waals surface area contributed by atoms with Gasteiger partial charge in [0.2, 0.25) is 0 Å². The Bertz CT molecular complexity index is 314. The third kappa shape index (κ3) is 1.29. The van der Waals surface area contributed by atoms with Crippen LogP contribution in [0.25, 0.3) is 0 Å². The zero-order chi connectivity index (χ0) is 8.55. The van der Waals surface area contributed by atoms with Crippen LogP contribution in [0.4, 0.5) is 0 Å². The number of hydrogen-bond acceptors (Lipinski definition) is 4. The van der Waals surface area contributed by atoms with Crippen LogP contribution in [0.15, 0.2) is 6.20 Å². The van der Waals surface area contributed by atoms with Crippen molar-refractivity contribution in [2.24, 2.45) is 0 Å². The lowest BCUT2D eigenvalue weighted by molar-refractivity contribution is 0.462. The maximum absolute atomic E-state index is 9.66. The van der Waals surface area contributed by atoms with Crippen molar-refractivity contribution in [3.05, 3.63) is 23.0 Å². The predicted molar refractivity (Wildman–Crippen MR) is 53.2 cm³/mol. The first-order valence-electron chi connectivity index (χ1n) is 3.70. The average molecular weight is 199 g/mol. The van der Waals surface area contributed by atoms with Crippen LogP contribution < -0.4 is 0 Å². The van der Waals surface area contributed by atoms with Crippen LogP contribution in [0.1, 0.15) is 16.8 Å². The van der Waals surface area contributed by atoms with E-state index in [1.807, 2.05) is 23.9 Å². The van der Waals surface area contributed by atoms with Crippen molar-refractivity contribution in [1.82, 2.24) is 4.98 Å². The lowest BCUT2D eigenvalue weighted by Gasteiger charge is -2.15. The molecule has 0 aromatic carbocycles. The molecular formula is C8H9NOS2. The standard InChI is InChI=1S/C8H9NOS2/c1-5-8(10)7-4-12-11-3-6(7)2-9-5/h2,10H,3-4H2,1H3. The Kier molecular flexibility index (Phi) is 2.19. The molecule has 0 saturated carbocycles. The van der Waals surface area contributed by atoms with Gasteiger partial charge in [0.25, 0.3) is 0 Å². The van der Waals surface area contributed by atoms with Gasteiger partial charge in [0.1, 0.15) is 5.75 Å². The van der Waals surface area contributed by atoms with E-state index in [1.165, 1.54) is 5.56 Å². The quantitative estimate of drug-likeness (QED) is 0.651. The summed E-state index contributed by atoms with van der Waals surface area (Å²) in [6.07, 6.45) is 1.87. The van der Waals surface area contributed by atoms with Crippen molar-refractivity contribution in [1.29, 1.82) is 0 Å². The van der Waals surface area contributed by atoms with Crippen molar-refractivity contribution < 1.29 is 5.11 Å². The van der Waals surface area contributed by atoms with Gasteiger partial charge in [-0.3, -0.25) is 4.98 Å². The fourth-order valence-electron chi connectivity index (χ4n) is 1.18. The van der Waals surface area contributed by atoms with Crippen LogP contribution in [-0.4, -0.2) is 10.1 Å². The summed E-state index contributed by atoms with van der Waals surface area (Å²) < 4.78 is 0. The summed E-state index contributed by atoms with van der Waals surface area (Å²) in [6.45, 7) is 1.84. The third-order valence-corrected chi connectivity index (χ3v) is 4.14. The second-order valence-corrected chi connectivity index (χ2v) is 5.18. The zero-order valence-corrected chi connectivity index (χ0v) is 8.34. The van der Waals surface area contributed by atoms with Gasteiger partial charge < -0.3 is 5.11 Å². The maximum Gasteiger partial charge on any atom is 0.141 e. The summed E-state index contributed by atoms with van der Waals surface area (Å²) in [4.78, 5) is 4.12. The number of hydrogen-bond donors (Lipinski definition) is 1. The maximum atomic E-state index is 9.66. The molecule has 0 unspecified atom stereocenters. The topological polar surface area (TPSA) is 33.1 Å². The molecule has 0 amide bonds. The van der Waals surface area contributed by atoms with E-state index in [0.29, 0.717) is 5.75 Å². The van der Waals surface area contributed by atoms with Crippen LogP contribution in [0.5, 0.6) is 5.75 Å². The molecule has 0 saturated heterocycles. The summed E-state index contributed by atoms with van der Waals surface area (Å²) in [5, 5.41) is 9.66. The Morgan fingerprint density at radius 2 is 2.17 bits per heavy atom. The molecule has 1 aliphatic heterocycles. The fraction of sp³-hybridized carbons (Fsp3) is 0.375. The molecule has 0 spiro atoms. The minimum atomic E-state index is 0.389. The van der Waals surface area contributed by atoms with Crippen LogP contribution in [0, 0.1) is 6.92 Å². The van der Waals surface area contributed by atoms with Crippen molar-refractivity contribution >= 4 is 21.6 Å². The van der Waals surface area contributed by atoms with Gasteiger partial charge in [-0.1, -0.05) is 21.6 Å². The number of rotatable bonds is 0. The Morgan fingerprint density at radius 1 is 1.42 bits per heavy atom. The van der Waals surface area contributed by atoms with Gasteiger partial charge >= 0.3 is 0 Å². The lowest BCUT2D eigenvalue weighted by atomic mass is 10.1. The fourth-order valence-corrected chi connectivity index (χ4v) is 3.39. The minimum absolute atomic E-state index is 0.389. The molecular weight excluding hydrogens is 190 g/mol. The highest BCUT2D eigenvalue weighted by Gasteiger charge is 2.15. The monoisotopic (exact) mass is 199 g/mol. The molecule has 1 N–H and O–H groups in total. The Balaban J connectivity index is 2.54. The molecule has 1 aromatic heterocycles. The summed E-state index contributed by atoms with van der Waals surface area (Å²) in [5.41, 5.74) is 2.99. The first-order valence-corrected chi connectivity index (χ1v) is 6.18. The molecule has 1 aromatic rings. The normalized spacial score (nSPS) is 15.8. The SMILES string of the molecule is Cc1ncc2c(c1O)CSSC2. The second-order valence-electron chi connectivity index (χ2n) is 2.72. The first kappa shape index (κ1) is 8.26. The van der Waals surface area contributed by atoms with Gasteiger partial charge in [-0.05, 0) is 12.5 Å².